The molecule has 2 aromatic rings. The average Bonchev–Trinajstić information content (AvgIpc) is 2.71. The van der Waals surface area contributed by atoms with Gasteiger partial charge in [0.05, 0.1) is 17.4 Å². The first kappa shape index (κ1) is 21.7. The zero-order valence-corrected chi connectivity index (χ0v) is 16.5. The lowest BCUT2D eigenvalue weighted by molar-refractivity contribution is -0.136. The van der Waals surface area contributed by atoms with Crippen LogP contribution in [-0.2, 0) is 16.1 Å². The van der Waals surface area contributed by atoms with Crippen LogP contribution in [0.1, 0.15) is 29.8 Å². The second-order valence-corrected chi connectivity index (χ2v) is 6.46. The highest BCUT2D eigenvalue weighted by molar-refractivity contribution is 6.40. The molecular weight excluding hydrogens is 370 g/mol. The van der Waals surface area contributed by atoms with Crippen LogP contribution in [-0.4, -0.2) is 30.4 Å². The van der Waals surface area contributed by atoms with Gasteiger partial charge in [0.2, 0.25) is 0 Å². The Bertz CT molecular complexity index is 893. The Hall–Kier alpha value is -3.61. The second-order valence-electron chi connectivity index (χ2n) is 6.46. The lowest BCUT2D eigenvalue weighted by atomic mass is 10.1. The summed E-state index contributed by atoms with van der Waals surface area (Å²) in [4.78, 5) is 36.7. The molecule has 0 saturated heterocycles. The second kappa shape index (κ2) is 10.7. The van der Waals surface area contributed by atoms with E-state index >= 15 is 0 Å². The van der Waals surface area contributed by atoms with Crippen molar-refractivity contribution in [1.82, 2.24) is 10.6 Å². The van der Waals surface area contributed by atoms with E-state index in [1.165, 1.54) is 0 Å². The first-order chi connectivity index (χ1) is 13.9. The number of rotatable bonds is 8. The third-order valence-corrected chi connectivity index (χ3v) is 3.81. The van der Waals surface area contributed by atoms with Crippen LogP contribution in [0, 0.1) is 0 Å². The summed E-state index contributed by atoms with van der Waals surface area (Å²) >= 11 is 0. The van der Waals surface area contributed by atoms with Gasteiger partial charge in [-0.2, -0.15) is 0 Å². The SMILES string of the molecule is C=CCNC(=O)c1ccccc1NC(=O)C(=O)NCc1ccccc1OC(C)C. The summed E-state index contributed by atoms with van der Waals surface area (Å²) in [6, 6.07) is 13.7. The van der Waals surface area contributed by atoms with Crippen molar-refractivity contribution in [3.8, 4) is 5.75 Å². The number of benzene rings is 2. The van der Waals surface area contributed by atoms with Crippen LogP contribution in [0.15, 0.2) is 61.2 Å². The Morgan fingerprint density at radius 3 is 2.41 bits per heavy atom. The molecule has 0 unspecified atom stereocenters. The number of amides is 3. The summed E-state index contributed by atoms with van der Waals surface area (Å²) in [6.07, 6.45) is 1.53. The Morgan fingerprint density at radius 1 is 1.00 bits per heavy atom. The smallest absolute Gasteiger partial charge is 0.313 e. The number of para-hydroxylation sites is 2. The van der Waals surface area contributed by atoms with Gasteiger partial charge in [-0.05, 0) is 32.0 Å². The van der Waals surface area contributed by atoms with Crippen molar-refractivity contribution in [3.05, 3.63) is 72.3 Å². The molecule has 0 fully saturated rings. The van der Waals surface area contributed by atoms with Crippen LogP contribution in [0.25, 0.3) is 0 Å². The van der Waals surface area contributed by atoms with Crippen molar-refractivity contribution in [2.75, 3.05) is 11.9 Å². The molecule has 7 heteroatoms. The molecule has 0 aromatic heterocycles. The number of hydrogen-bond donors (Lipinski definition) is 3. The van der Waals surface area contributed by atoms with Crippen LogP contribution >= 0.6 is 0 Å². The number of nitrogens with one attached hydrogen (secondary N) is 3. The normalized spacial score (nSPS) is 10.2. The van der Waals surface area contributed by atoms with Gasteiger partial charge in [-0.3, -0.25) is 14.4 Å². The average molecular weight is 395 g/mol. The van der Waals surface area contributed by atoms with E-state index in [9.17, 15) is 14.4 Å². The van der Waals surface area contributed by atoms with Crippen LogP contribution in [0.5, 0.6) is 5.75 Å². The first-order valence-corrected chi connectivity index (χ1v) is 9.24. The molecule has 0 aliphatic rings. The lowest BCUT2D eigenvalue weighted by Gasteiger charge is -2.15. The van der Waals surface area contributed by atoms with Crippen molar-refractivity contribution in [2.45, 2.75) is 26.5 Å². The van der Waals surface area contributed by atoms with Crippen molar-refractivity contribution < 1.29 is 19.1 Å². The molecule has 2 aromatic carbocycles. The van der Waals surface area contributed by atoms with Crippen molar-refractivity contribution in [3.63, 3.8) is 0 Å². The summed E-state index contributed by atoms with van der Waals surface area (Å²) in [6.45, 7) is 7.78. The van der Waals surface area contributed by atoms with E-state index in [0.29, 0.717) is 12.3 Å². The molecule has 3 amide bonds. The monoisotopic (exact) mass is 395 g/mol. The van der Waals surface area contributed by atoms with E-state index in [2.05, 4.69) is 22.5 Å². The molecule has 0 spiro atoms. The Labute approximate surface area is 170 Å². The number of ether oxygens (including phenoxy) is 1. The van der Waals surface area contributed by atoms with Crippen molar-refractivity contribution in [2.24, 2.45) is 0 Å². The summed E-state index contributed by atoms with van der Waals surface area (Å²) in [5.74, 6) is -1.41. The van der Waals surface area contributed by atoms with Gasteiger partial charge in [0.1, 0.15) is 5.75 Å². The molecule has 0 heterocycles. The van der Waals surface area contributed by atoms with E-state index in [-0.39, 0.29) is 29.8 Å². The molecule has 2 rings (SSSR count). The van der Waals surface area contributed by atoms with E-state index in [1.807, 2.05) is 32.0 Å². The molecule has 152 valence electrons. The largest absolute Gasteiger partial charge is 0.491 e. The predicted octanol–water partition coefficient (Wildman–Crippen LogP) is 2.64. The van der Waals surface area contributed by atoms with Crippen molar-refractivity contribution >= 4 is 23.4 Å². The standard InChI is InChI=1S/C22H25N3O4/c1-4-13-23-20(26)17-10-6-7-11-18(17)25-22(28)21(27)24-14-16-9-5-8-12-19(16)29-15(2)3/h4-12,15H,1,13-14H2,2-3H3,(H,23,26)(H,24,27)(H,25,28). The van der Waals surface area contributed by atoms with Crippen LogP contribution < -0.4 is 20.7 Å². The van der Waals surface area contributed by atoms with E-state index in [0.717, 1.165) is 5.56 Å². The first-order valence-electron chi connectivity index (χ1n) is 9.24. The molecule has 0 aliphatic carbocycles. The molecule has 0 radical (unpaired) electrons. The van der Waals surface area contributed by atoms with Gasteiger partial charge >= 0.3 is 11.8 Å². The molecule has 0 saturated carbocycles. The third-order valence-electron chi connectivity index (χ3n) is 3.81. The Morgan fingerprint density at radius 2 is 1.69 bits per heavy atom. The molecule has 7 nitrogen and oxygen atoms in total. The summed E-state index contributed by atoms with van der Waals surface area (Å²) in [7, 11) is 0. The fourth-order valence-electron chi connectivity index (χ4n) is 2.50. The van der Waals surface area contributed by atoms with Gasteiger partial charge < -0.3 is 20.7 Å². The lowest BCUT2D eigenvalue weighted by Crippen LogP contribution is -2.35. The predicted molar refractivity (Wildman–Crippen MR) is 112 cm³/mol. The fraction of sp³-hybridized carbons (Fsp3) is 0.227. The summed E-state index contributed by atoms with van der Waals surface area (Å²) < 4.78 is 5.70. The number of carbonyl (C=O) groups excluding carboxylic acids is 3. The molecule has 0 atom stereocenters. The highest BCUT2D eigenvalue weighted by Crippen LogP contribution is 2.19. The Balaban J connectivity index is 2.01. The fourth-order valence-corrected chi connectivity index (χ4v) is 2.50. The Kier molecular flexibility index (Phi) is 7.97. The minimum atomic E-state index is -0.865. The van der Waals surface area contributed by atoms with Crippen molar-refractivity contribution in [1.29, 1.82) is 0 Å². The van der Waals surface area contributed by atoms with E-state index in [4.69, 9.17) is 4.74 Å². The molecule has 0 bridgehead atoms. The van der Waals surface area contributed by atoms with Gasteiger partial charge in [0.15, 0.2) is 0 Å². The minimum absolute atomic E-state index is 0.0149. The number of hydrogen-bond acceptors (Lipinski definition) is 4. The maximum atomic E-state index is 12.3. The molecular formula is C22H25N3O4. The third kappa shape index (κ3) is 6.49. The summed E-state index contributed by atoms with van der Waals surface area (Å²) in [5, 5.41) is 7.69. The maximum absolute atomic E-state index is 12.3. The number of anilines is 1. The quantitative estimate of drug-likeness (QED) is 0.473. The zero-order valence-electron chi connectivity index (χ0n) is 16.5. The van der Waals surface area contributed by atoms with Gasteiger partial charge in [-0.25, -0.2) is 0 Å². The topological polar surface area (TPSA) is 96.5 Å². The minimum Gasteiger partial charge on any atom is -0.491 e. The van der Waals surface area contributed by atoms with Gasteiger partial charge in [-0.15, -0.1) is 6.58 Å². The van der Waals surface area contributed by atoms with E-state index < -0.39 is 11.8 Å². The molecule has 29 heavy (non-hydrogen) atoms. The summed E-state index contributed by atoms with van der Waals surface area (Å²) in [5.41, 5.74) is 1.26. The van der Waals surface area contributed by atoms with Gasteiger partial charge in [0, 0.05) is 18.7 Å². The highest BCUT2D eigenvalue weighted by atomic mass is 16.5. The maximum Gasteiger partial charge on any atom is 0.313 e. The van der Waals surface area contributed by atoms with Crippen LogP contribution in [0.2, 0.25) is 0 Å². The highest BCUT2D eigenvalue weighted by Gasteiger charge is 2.18. The van der Waals surface area contributed by atoms with Gasteiger partial charge in [-0.1, -0.05) is 36.4 Å². The van der Waals surface area contributed by atoms with Crippen LogP contribution in [0.4, 0.5) is 5.69 Å². The van der Waals surface area contributed by atoms with E-state index in [1.54, 1.807) is 36.4 Å². The molecule has 3 N–H and O–H groups in total. The number of carbonyl (C=O) groups is 3. The molecule has 0 aliphatic heterocycles. The zero-order chi connectivity index (χ0) is 21.2. The van der Waals surface area contributed by atoms with Crippen LogP contribution in [0.3, 0.4) is 0 Å². The van der Waals surface area contributed by atoms with Gasteiger partial charge in [0.25, 0.3) is 5.91 Å².